The van der Waals surface area contributed by atoms with Crippen LogP contribution in [-0.2, 0) is 21.1 Å². The fourth-order valence-corrected chi connectivity index (χ4v) is 5.07. The SMILES string of the molecule is [Pt+4].[c-]1c2cccc1N1[CH-]N(N=N1)C1CCCCC1N1[CH-]N(c3[c-]c(ccc3)O2)c2cccnc21. The van der Waals surface area contributed by atoms with E-state index in [4.69, 9.17) is 9.72 Å². The zero-order valence-electron chi connectivity index (χ0n) is 18.2. The van der Waals surface area contributed by atoms with Crippen molar-refractivity contribution in [2.75, 3.05) is 14.8 Å². The smallest absolute Gasteiger partial charge is 0.509 e. The fraction of sp³-hybridized carbons (Fsp3) is 0.240. The van der Waals surface area contributed by atoms with Crippen molar-refractivity contribution < 1.29 is 25.8 Å². The summed E-state index contributed by atoms with van der Waals surface area (Å²) in [7, 11) is 0. The Hall–Kier alpha value is -3.12. The summed E-state index contributed by atoms with van der Waals surface area (Å²) in [5, 5.41) is 12.7. The van der Waals surface area contributed by atoms with Crippen molar-refractivity contribution >= 4 is 22.9 Å². The van der Waals surface area contributed by atoms with Crippen LogP contribution in [0.5, 0.6) is 11.5 Å². The molecule has 1 saturated carbocycles. The number of aromatic nitrogens is 1. The Labute approximate surface area is 213 Å². The van der Waals surface area contributed by atoms with Gasteiger partial charge >= 0.3 is 21.1 Å². The van der Waals surface area contributed by atoms with E-state index in [1.54, 1.807) is 5.01 Å². The Morgan fingerprint density at radius 3 is 2.47 bits per heavy atom. The number of anilines is 4. The van der Waals surface area contributed by atoms with Gasteiger partial charge in [0.15, 0.2) is 0 Å². The van der Waals surface area contributed by atoms with Gasteiger partial charge in [-0.3, -0.25) is 0 Å². The van der Waals surface area contributed by atoms with Crippen molar-refractivity contribution in [3.8, 4) is 11.5 Å². The van der Waals surface area contributed by atoms with E-state index in [1.165, 1.54) is 12.8 Å². The zero-order chi connectivity index (χ0) is 21.8. The maximum Gasteiger partial charge on any atom is 4.00 e. The maximum absolute atomic E-state index is 6.12. The van der Waals surface area contributed by atoms with Gasteiger partial charge in [0.05, 0.1) is 5.69 Å². The van der Waals surface area contributed by atoms with Crippen LogP contribution in [0.1, 0.15) is 25.7 Å². The number of nitrogens with zero attached hydrogens (tertiary/aromatic N) is 7. The van der Waals surface area contributed by atoms with Crippen LogP contribution >= 0.6 is 0 Å². The second kappa shape index (κ2) is 8.58. The first kappa shape index (κ1) is 21.4. The summed E-state index contributed by atoms with van der Waals surface area (Å²) in [5.41, 5.74) is 2.71. The molecule has 2 aromatic carbocycles. The van der Waals surface area contributed by atoms with E-state index in [2.05, 4.69) is 45.1 Å². The second-order valence-corrected chi connectivity index (χ2v) is 8.58. The largest absolute Gasteiger partial charge is 4.00 e. The number of fused-ring (bicyclic) bond motifs is 16. The molecular formula is C25H21N7OPt. The molecular weight excluding hydrogens is 609 g/mol. The molecule has 0 N–H and O–H groups in total. The summed E-state index contributed by atoms with van der Waals surface area (Å²) in [5.74, 6) is 2.17. The number of rotatable bonds is 0. The van der Waals surface area contributed by atoms with Crippen LogP contribution in [0.25, 0.3) is 0 Å². The topological polar surface area (TPSA) is 59.8 Å². The van der Waals surface area contributed by atoms with Gasteiger partial charge in [-0.15, -0.1) is 55.4 Å². The number of benzene rings is 2. The Morgan fingerprint density at radius 2 is 1.62 bits per heavy atom. The molecule has 2 unspecified atom stereocenters. The average Bonchev–Trinajstić information content (AvgIpc) is 3.50. The molecule has 1 aliphatic carbocycles. The van der Waals surface area contributed by atoms with Gasteiger partial charge in [0.2, 0.25) is 0 Å². The molecule has 0 saturated heterocycles. The van der Waals surface area contributed by atoms with Gasteiger partial charge in [0.1, 0.15) is 5.82 Å². The predicted octanol–water partition coefficient (Wildman–Crippen LogP) is 5.40. The van der Waals surface area contributed by atoms with Crippen LogP contribution in [0, 0.1) is 25.5 Å². The van der Waals surface area contributed by atoms with Crippen molar-refractivity contribution in [3.63, 3.8) is 0 Å². The van der Waals surface area contributed by atoms with Gasteiger partial charge in [-0.05, 0) is 25.0 Å². The summed E-state index contributed by atoms with van der Waals surface area (Å²) in [6.45, 7) is 4.10. The minimum Gasteiger partial charge on any atom is -0.509 e. The molecule has 1 fully saturated rings. The number of pyridine rings is 1. The van der Waals surface area contributed by atoms with Crippen molar-refractivity contribution in [1.29, 1.82) is 0 Å². The first-order valence-electron chi connectivity index (χ1n) is 11.3. The fourth-order valence-electron chi connectivity index (χ4n) is 5.07. The molecule has 4 heterocycles. The van der Waals surface area contributed by atoms with Crippen LogP contribution in [0.15, 0.2) is 65.2 Å². The van der Waals surface area contributed by atoms with Crippen LogP contribution in [0.4, 0.5) is 22.9 Å². The summed E-state index contributed by atoms with van der Waals surface area (Å²) in [6.07, 6.45) is 6.29. The summed E-state index contributed by atoms with van der Waals surface area (Å²) in [4.78, 5) is 9.21. The van der Waals surface area contributed by atoms with Gasteiger partial charge in [-0.25, -0.2) is 4.98 Å². The van der Waals surface area contributed by atoms with Gasteiger partial charge in [0.25, 0.3) is 0 Å². The van der Waals surface area contributed by atoms with Crippen molar-refractivity contribution in [1.82, 2.24) is 9.99 Å². The molecule has 0 radical (unpaired) electrons. The zero-order valence-corrected chi connectivity index (χ0v) is 20.5. The summed E-state index contributed by atoms with van der Waals surface area (Å²) in [6, 6.07) is 22.9. The van der Waals surface area contributed by atoms with Crippen LogP contribution in [0.2, 0.25) is 0 Å². The van der Waals surface area contributed by atoms with E-state index in [9.17, 15) is 0 Å². The first-order chi connectivity index (χ1) is 16.3. The Balaban J connectivity index is 0.00000217. The maximum atomic E-state index is 6.12. The molecule has 8 nitrogen and oxygen atoms in total. The number of hydrogen-bond acceptors (Lipinski definition) is 8. The van der Waals surface area contributed by atoms with E-state index in [1.807, 2.05) is 60.3 Å². The molecule has 0 amide bonds. The van der Waals surface area contributed by atoms with Crippen molar-refractivity contribution in [3.05, 3.63) is 80.2 Å². The molecule has 1 aromatic heterocycles. The monoisotopic (exact) mass is 630 g/mol. The third kappa shape index (κ3) is 3.52. The van der Waals surface area contributed by atoms with Crippen LogP contribution < -0.4 is 19.5 Å². The van der Waals surface area contributed by atoms with E-state index < -0.39 is 0 Å². The summed E-state index contributed by atoms with van der Waals surface area (Å²) < 4.78 is 6.12. The molecule has 3 aliphatic heterocycles. The van der Waals surface area contributed by atoms with E-state index >= 15 is 0 Å². The van der Waals surface area contributed by atoms with E-state index in [0.717, 1.165) is 35.7 Å². The number of ether oxygens (including phenoxy) is 1. The standard InChI is InChI=1S/C25H21N7O.Pt/c1-2-11-23-22(10-1)30-16-29(24-12-5-13-26-25(24)30)18-6-3-8-20(14-18)33-21-9-4-7-19(15-21)31-17-32(23)28-27-31;/h3-9,12-13,16-17,22-23H,1-2,10-11H2;/q-4;+4. The summed E-state index contributed by atoms with van der Waals surface area (Å²) >= 11 is 0. The molecule has 7 rings (SSSR count). The first-order valence-corrected chi connectivity index (χ1v) is 11.3. The minimum absolute atomic E-state index is 0. The third-order valence-electron chi connectivity index (χ3n) is 6.60. The van der Waals surface area contributed by atoms with E-state index in [0.29, 0.717) is 11.5 Å². The minimum atomic E-state index is 0. The average molecular weight is 631 g/mol. The van der Waals surface area contributed by atoms with Gasteiger partial charge < -0.3 is 24.6 Å². The molecule has 3 aromatic rings. The predicted molar refractivity (Wildman–Crippen MR) is 123 cm³/mol. The van der Waals surface area contributed by atoms with Gasteiger partial charge in [-0.1, -0.05) is 29.0 Å². The van der Waals surface area contributed by atoms with Crippen molar-refractivity contribution in [2.24, 2.45) is 10.4 Å². The Morgan fingerprint density at radius 1 is 0.853 bits per heavy atom. The molecule has 2 atom stereocenters. The Bertz CT molecular complexity index is 1240. The second-order valence-electron chi connectivity index (χ2n) is 8.58. The molecule has 9 heteroatoms. The molecule has 0 spiro atoms. The quantitative estimate of drug-likeness (QED) is 0.311. The molecule has 172 valence electrons. The molecule has 34 heavy (non-hydrogen) atoms. The third-order valence-corrected chi connectivity index (χ3v) is 6.60. The normalized spacial score (nSPS) is 22.2. The molecule has 4 aliphatic rings. The van der Waals surface area contributed by atoms with Gasteiger partial charge in [0, 0.05) is 29.8 Å². The van der Waals surface area contributed by atoms with Crippen LogP contribution in [0.3, 0.4) is 0 Å². The van der Waals surface area contributed by atoms with Gasteiger partial charge in [-0.2, -0.15) is 12.1 Å². The number of hydrogen-bond donors (Lipinski definition) is 0. The Kier molecular flexibility index (Phi) is 5.41. The molecule has 8 bridgehead atoms. The van der Waals surface area contributed by atoms with Crippen molar-refractivity contribution in [2.45, 2.75) is 37.8 Å². The van der Waals surface area contributed by atoms with Crippen LogP contribution in [-0.4, -0.2) is 22.1 Å². The van der Waals surface area contributed by atoms with E-state index in [-0.39, 0.29) is 33.1 Å².